The van der Waals surface area contributed by atoms with E-state index in [0.717, 1.165) is 6.42 Å². The van der Waals surface area contributed by atoms with Gasteiger partial charge in [0, 0.05) is 11.2 Å². The molecule has 3 N–H and O–H groups in total. The summed E-state index contributed by atoms with van der Waals surface area (Å²) in [5.41, 5.74) is 5.82. The number of nitrogens with two attached hydrogens (primary N) is 1. The Morgan fingerprint density at radius 1 is 1.50 bits per heavy atom. The average molecular weight is 317 g/mol. The highest BCUT2D eigenvalue weighted by Crippen LogP contribution is 2.24. The van der Waals surface area contributed by atoms with Gasteiger partial charge in [-0.3, -0.25) is 9.00 Å². The molecule has 0 spiro atoms. The molecule has 0 bridgehead atoms. The topological polar surface area (TPSA) is 72.2 Å². The van der Waals surface area contributed by atoms with Gasteiger partial charge in [0.2, 0.25) is 5.91 Å². The van der Waals surface area contributed by atoms with Crippen molar-refractivity contribution < 1.29 is 9.00 Å². The molecular formula is C14H21ClN2O2S. The molecule has 1 rings (SSSR count). The second kappa shape index (κ2) is 6.59. The van der Waals surface area contributed by atoms with E-state index in [-0.39, 0.29) is 11.4 Å². The fourth-order valence-electron chi connectivity index (χ4n) is 1.49. The van der Waals surface area contributed by atoms with Crippen LogP contribution in [0.4, 0.5) is 5.69 Å². The monoisotopic (exact) mass is 316 g/mol. The first-order valence-corrected chi connectivity index (χ1v) is 8.04. The fourth-order valence-corrected chi connectivity index (χ4v) is 2.98. The molecule has 1 aromatic carbocycles. The van der Waals surface area contributed by atoms with Crippen LogP contribution >= 0.6 is 11.6 Å². The molecule has 0 aromatic heterocycles. The summed E-state index contributed by atoms with van der Waals surface area (Å²) >= 11 is 6.02. The van der Waals surface area contributed by atoms with Crippen molar-refractivity contribution >= 4 is 34.0 Å². The van der Waals surface area contributed by atoms with E-state index in [4.69, 9.17) is 17.3 Å². The van der Waals surface area contributed by atoms with Crippen molar-refractivity contribution in [2.24, 2.45) is 0 Å². The van der Waals surface area contributed by atoms with Crippen LogP contribution in [-0.4, -0.2) is 20.9 Å². The molecule has 0 aliphatic heterocycles. The molecule has 6 heteroatoms. The zero-order valence-electron chi connectivity index (χ0n) is 12.2. The summed E-state index contributed by atoms with van der Waals surface area (Å²) in [5.74, 6) is -0.256. The van der Waals surface area contributed by atoms with E-state index in [9.17, 15) is 9.00 Å². The molecule has 2 unspecified atom stereocenters. The molecule has 4 nitrogen and oxygen atoms in total. The van der Waals surface area contributed by atoms with Crippen LogP contribution in [0.15, 0.2) is 23.1 Å². The van der Waals surface area contributed by atoms with Crippen molar-refractivity contribution in [1.29, 1.82) is 0 Å². The number of halogens is 1. The maximum atomic E-state index is 12.4. The Labute approximate surface area is 127 Å². The predicted octanol–water partition coefficient (Wildman–Crippen LogP) is 2.72. The molecule has 0 saturated heterocycles. The average Bonchev–Trinajstić information content (AvgIpc) is 2.39. The molecule has 2 atom stereocenters. The Morgan fingerprint density at radius 2 is 2.10 bits per heavy atom. The van der Waals surface area contributed by atoms with E-state index in [2.05, 4.69) is 5.32 Å². The van der Waals surface area contributed by atoms with Gasteiger partial charge in [0.1, 0.15) is 5.25 Å². The van der Waals surface area contributed by atoms with Crippen LogP contribution in [0.2, 0.25) is 5.02 Å². The normalized spacial score (nSPS) is 14.7. The minimum Gasteiger partial charge on any atom is -0.399 e. The SMILES string of the molecule is CCC(C)(C)NC(=O)C(C)S(=O)c1cc(N)ccc1Cl. The lowest BCUT2D eigenvalue weighted by Gasteiger charge is -2.26. The zero-order chi connectivity index (χ0) is 15.5. The molecule has 0 aliphatic rings. The molecule has 112 valence electrons. The van der Waals surface area contributed by atoms with Gasteiger partial charge in [-0.25, -0.2) is 0 Å². The van der Waals surface area contributed by atoms with E-state index in [1.807, 2.05) is 20.8 Å². The molecule has 0 radical (unpaired) electrons. The maximum Gasteiger partial charge on any atom is 0.236 e. The molecule has 0 aliphatic carbocycles. The van der Waals surface area contributed by atoms with Crippen LogP contribution < -0.4 is 11.1 Å². The lowest BCUT2D eigenvalue weighted by molar-refractivity contribution is -0.121. The number of rotatable bonds is 5. The number of nitrogens with one attached hydrogen (secondary N) is 1. The number of benzene rings is 1. The van der Waals surface area contributed by atoms with E-state index in [1.165, 1.54) is 0 Å². The van der Waals surface area contributed by atoms with Gasteiger partial charge in [-0.15, -0.1) is 0 Å². The molecule has 0 heterocycles. The summed E-state index contributed by atoms with van der Waals surface area (Å²) in [5, 5.41) is 2.54. The smallest absolute Gasteiger partial charge is 0.236 e. The van der Waals surface area contributed by atoms with Gasteiger partial charge in [-0.2, -0.15) is 0 Å². The molecule has 20 heavy (non-hydrogen) atoms. The van der Waals surface area contributed by atoms with Crippen molar-refractivity contribution in [2.75, 3.05) is 5.73 Å². The van der Waals surface area contributed by atoms with Gasteiger partial charge in [-0.1, -0.05) is 18.5 Å². The number of nitrogen functional groups attached to an aromatic ring is 1. The van der Waals surface area contributed by atoms with Gasteiger partial charge < -0.3 is 11.1 Å². The molecule has 1 amide bonds. The number of anilines is 1. The number of hydrogen-bond donors (Lipinski definition) is 2. The van der Waals surface area contributed by atoms with E-state index >= 15 is 0 Å². The predicted molar refractivity (Wildman–Crippen MR) is 84.2 cm³/mol. The Bertz CT molecular complexity index is 532. The van der Waals surface area contributed by atoms with Crippen molar-refractivity contribution in [1.82, 2.24) is 5.32 Å². The minimum atomic E-state index is -1.54. The highest BCUT2D eigenvalue weighted by molar-refractivity contribution is 7.86. The van der Waals surface area contributed by atoms with Crippen molar-refractivity contribution in [3.05, 3.63) is 23.2 Å². The summed E-state index contributed by atoms with van der Waals surface area (Å²) in [6, 6.07) is 4.77. The zero-order valence-corrected chi connectivity index (χ0v) is 13.8. The fraction of sp³-hybridized carbons (Fsp3) is 0.500. The largest absolute Gasteiger partial charge is 0.399 e. The number of amides is 1. The van der Waals surface area contributed by atoms with Crippen LogP contribution in [0.5, 0.6) is 0 Å². The first kappa shape index (κ1) is 17.0. The Hall–Kier alpha value is -1.07. The highest BCUT2D eigenvalue weighted by atomic mass is 35.5. The summed E-state index contributed by atoms with van der Waals surface area (Å²) in [4.78, 5) is 12.5. The quantitative estimate of drug-likeness (QED) is 0.820. The van der Waals surface area contributed by atoms with Crippen molar-refractivity contribution in [2.45, 2.75) is 49.8 Å². The van der Waals surface area contributed by atoms with E-state index in [0.29, 0.717) is 15.6 Å². The van der Waals surface area contributed by atoms with E-state index in [1.54, 1.807) is 25.1 Å². The first-order chi connectivity index (χ1) is 9.18. The summed E-state index contributed by atoms with van der Waals surface area (Å²) in [7, 11) is -1.54. The third-order valence-electron chi connectivity index (χ3n) is 3.21. The summed E-state index contributed by atoms with van der Waals surface area (Å²) in [6.45, 7) is 7.45. The van der Waals surface area contributed by atoms with Crippen LogP contribution in [0.25, 0.3) is 0 Å². The lowest BCUT2D eigenvalue weighted by Crippen LogP contribution is -2.47. The summed E-state index contributed by atoms with van der Waals surface area (Å²) < 4.78 is 12.4. The second-order valence-electron chi connectivity index (χ2n) is 5.36. The lowest BCUT2D eigenvalue weighted by atomic mass is 10.0. The first-order valence-electron chi connectivity index (χ1n) is 6.45. The standard InChI is InChI=1S/C14H21ClN2O2S/c1-5-14(3,4)17-13(18)9(2)20(19)12-8-10(16)6-7-11(12)15/h6-9H,5,16H2,1-4H3,(H,17,18). The van der Waals surface area contributed by atoms with Crippen LogP contribution in [0, 0.1) is 0 Å². The van der Waals surface area contributed by atoms with Crippen LogP contribution in [-0.2, 0) is 15.6 Å². The van der Waals surface area contributed by atoms with Gasteiger partial charge in [0.25, 0.3) is 0 Å². The minimum absolute atomic E-state index is 0.256. The van der Waals surface area contributed by atoms with E-state index < -0.39 is 16.0 Å². The Kier molecular flexibility index (Phi) is 5.59. The van der Waals surface area contributed by atoms with Crippen molar-refractivity contribution in [3.63, 3.8) is 0 Å². The third-order valence-corrected chi connectivity index (χ3v) is 5.28. The molecule has 1 aromatic rings. The summed E-state index contributed by atoms with van der Waals surface area (Å²) in [6.07, 6.45) is 0.789. The van der Waals surface area contributed by atoms with Crippen LogP contribution in [0.1, 0.15) is 34.1 Å². The van der Waals surface area contributed by atoms with Gasteiger partial charge in [-0.05, 0) is 45.4 Å². The molecular weight excluding hydrogens is 296 g/mol. The van der Waals surface area contributed by atoms with Crippen molar-refractivity contribution in [3.8, 4) is 0 Å². The number of hydrogen-bond acceptors (Lipinski definition) is 3. The Morgan fingerprint density at radius 3 is 2.65 bits per heavy atom. The number of carbonyl (C=O) groups excluding carboxylic acids is 1. The third kappa shape index (κ3) is 4.21. The van der Waals surface area contributed by atoms with Gasteiger partial charge in [0.05, 0.1) is 20.7 Å². The second-order valence-corrected chi connectivity index (χ2v) is 7.51. The van der Waals surface area contributed by atoms with Crippen LogP contribution in [0.3, 0.4) is 0 Å². The highest BCUT2D eigenvalue weighted by Gasteiger charge is 2.27. The Balaban J connectivity index is 2.91. The molecule has 0 saturated carbocycles. The molecule has 0 fully saturated rings. The maximum absolute atomic E-state index is 12.4. The van der Waals surface area contributed by atoms with Gasteiger partial charge >= 0.3 is 0 Å². The van der Waals surface area contributed by atoms with Gasteiger partial charge in [0.15, 0.2) is 0 Å². The number of carbonyl (C=O) groups is 1.